The number of aromatic nitrogens is 1. The molecule has 0 radical (unpaired) electrons. The molecule has 0 aliphatic carbocycles. The number of aliphatic hydroxyl groups excluding tert-OH is 1. The number of hydrogen-bond donors (Lipinski definition) is 3. The highest BCUT2D eigenvalue weighted by Crippen LogP contribution is 2.41. The van der Waals surface area contributed by atoms with Crippen LogP contribution in [0.2, 0.25) is 0 Å². The molecule has 4 rings (SSSR count). The number of H-pyrrole nitrogens is 1. The van der Waals surface area contributed by atoms with E-state index in [1.165, 1.54) is 5.56 Å². The molecule has 1 aromatic rings. The van der Waals surface area contributed by atoms with Crippen molar-refractivity contribution >= 4 is 17.4 Å². The van der Waals surface area contributed by atoms with Crippen LogP contribution in [0.25, 0.3) is 5.70 Å². The Morgan fingerprint density at radius 3 is 2.40 bits per heavy atom. The van der Waals surface area contributed by atoms with Gasteiger partial charge in [-0.2, -0.15) is 0 Å². The van der Waals surface area contributed by atoms with E-state index in [1.807, 2.05) is 31.0 Å². The summed E-state index contributed by atoms with van der Waals surface area (Å²) in [5, 5.41) is 8.77. The van der Waals surface area contributed by atoms with Gasteiger partial charge in [-0.05, 0) is 69.9 Å². The Kier molecular flexibility index (Phi) is 17.3. The predicted octanol–water partition coefficient (Wildman–Crippen LogP) is 7.55. The van der Waals surface area contributed by atoms with Gasteiger partial charge in [0.1, 0.15) is 17.7 Å². The lowest BCUT2D eigenvalue weighted by Crippen LogP contribution is -2.44. The zero-order valence-corrected chi connectivity index (χ0v) is 27.5. The molecule has 2 atom stereocenters. The number of hydrogen-bond acceptors (Lipinski definition) is 6. The van der Waals surface area contributed by atoms with Crippen LogP contribution in [0.4, 0.5) is 0 Å². The highest BCUT2D eigenvalue weighted by atomic mass is 16.2. The number of amides is 1. The van der Waals surface area contributed by atoms with E-state index in [1.54, 1.807) is 24.4 Å². The first kappa shape index (κ1) is 37.1. The van der Waals surface area contributed by atoms with E-state index >= 15 is 0 Å². The van der Waals surface area contributed by atoms with Crippen LogP contribution in [0.3, 0.4) is 0 Å². The minimum atomic E-state index is 0.133. The largest absolute Gasteiger partial charge is 0.516 e. The second kappa shape index (κ2) is 20.1. The zero-order chi connectivity index (χ0) is 32.4. The maximum absolute atomic E-state index is 12.7. The summed E-state index contributed by atoms with van der Waals surface area (Å²) in [5.74, 6) is 1.15. The number of aryl methyl sites for hydroxylation is 2. The fourth-order valence-corrected chi connectivity index (χ4v) is 5.33. The summed E-state index contributed by atoms with van der Waals surface area (Å²) in [4.78, 5) is 27.2. The van der Waals surface area contributed by atoms with Gasteiger partial charge in [0.2, 0.25) is 5.91 Å². The highest BCUT2D eigenvalue weighted by molar-refractivity contribution is 6.04. The number of carbonyl (C=O) groups excluding carboxylic acids is 1. The molecule has 3 aliphatic rings. The third kappa shape index (κ3) is 10.4. The first-order valence-electron chi connectivity index (χ1n) is 15.6. The van der Waals surface area contributed by atoms with Crippen molar-refractivity contribution in [1.29, 1.82) is 0 Å². The second-order valence-corrected chi connectivity index (χ2v) is 10.4. The number of likely N-dealkylation sites (tertiary alicyclic amines) is 1. The first-order chi connectivity index (χ1) is 20.7. The zero-order valence-electron chi connectivity index (χ0n) is 27.5. The maximum Gasteiger partial charge on any atom is 0.222 e. The number of nitrogens with one attached hydrogen (secondary N) is 1. The Labute approximate surface area is 260 Å². The molecule has 1 aromatic heterocycles. The second-order valence-electron chi connectivity index (χ2n) is 10.4. The van der Waals surface area contributed by atoms with Crippen molar-refractivity contribution in [1.82, 2.24) is 19.7 Å². The van der Waals surface area contributed by atoms with E-state index in [4.69, 9.17) is 10.8 Å². The number of amidine groups is 1. The lowest BCUT2D eigenvalue weighted by Gasteiger charge is -2.37. The number of aromatic amines is 1. The molecule has 0 saturated carbocycles. The van der Waals surface area contributed by atoms with Crippen LogP contribution in [0, 0.1) is 19.8 Å². The molecule has 2 unspecified atom stereocenters. The summed E-state index contributed by atoms with van der Waals surface area (Å²) < 4.78 is 0. The number of unbranched alkanes of at least 4 members (excludes halogenated alkanes) is 1. The standard InChI is InChI=1S/C25H36N6O2.C4H8.C4H6.C2H6/c1-17-16-20(28-18(17)2)22-23-24(26)27-11-14-31(23)25(29(22)3)19-8-7-12-30(13-10-19)21(33)9-5-4-6-15-32;2*1-3-4-2;1-2/h6,11,14-16,19,25,28,32H,4-5,7-10,12-13H2,1-3H3,(H2,26,27);3H,1,4H2,2H3;3-4H,1-2H2;1-2H3/b15-6+;;;. The monoisotopic (exact) mass is 592 g/mol. The van der Waals surface area contributed by atoms with E-state index in [0.29, 0.717) is 18.2 Å². The molecule has 4 heterocycles. The van der Waals surface area contributed by atoms with Crippen molar-refractivity contribution in [3.63, 3.8) is 0 Å². The number of allylic oxidation sites excluding steroid dienone is 4. The normalized spacial score (nSPS) is 19.1. The summed E-state index contributed by atoms with van der Waals surface area (Å²) >= 11 is 0. The summed E-state index contributed by atoms with van der Waals surface area (Å²) in [6, 6.07) is 2.18. The average molecular weight is 593 g/mol. The molecule has 0 bridgehead atoms. The molecule has 1 saturated heterocycles. The topological polar surface area (TPSA) is 101 Å². The van der Waals surface area contributed by atoms with E-state index in [0.717, 1.165) is 80.7 Å². The summed E-state index contributed by atoms with van der Waals surface area (Å²) in [6.07, 6.45) is 17.9. The van der Waals surface area contributed by atoms with Crippen molar-refractivity contribution in [2.45, 2.75) is 85.7 Å². The Balaban J connectivity index is 0.000000812. The lowest BCUT2D eigenvalue weighted by molar-refractivity contribution is -0.131. The Hall–Kier alpha value is -3.94. The first-order valence-corrected chi connectivity index (χ1v) is 15.6. The average Bonchev–Trinajstić information content (AvgIpc) is 3.38. The fourth-order valence-electron chi connectivity index (χ4n) is 5.33. The van der Waals surface area contributed by atoms with E-state index in [2.05, 4.69) is 73.4 Å². The Morgan fingerprint density at radius 2 is 1.84 bits per heavy atom. The number of carbonyl (C=O) groups is 1. The van der Waals surface area contributed by atoms with Crippen LogP contribution in [-0.4, -0.2) is 62.8 Å². The van der Waals surface area contributed by atoms with Gasteiger partial charge in [-0.25, -0.2) is 4.99 Å². The number of nitrogens with two attached hydrogens (primary N) is 1. The number of aliphatic imine (C=N–C) groups is 1. The smallest absolute Gasteiger partial charge is 0.222 e. The molecule has 0 aromatic carbocycles. The summed E-state index contributed by atoms with van der Waals surface area (Å²) in [7, 11) is 2.14. The molecule has 3 aliphatic heterocycles. The van der Waals surface area contributed by atoms with Crippen molar-refractivity contribution in [3.05, 3.63) is 91.4 Å². The van der Waals surface area contributed by atoms with Crippen LogP contribution < -0.4 is 5.73 Å². The van der Waals surface area contributed by atoms with Crippen molar-refractivity contribution in [2.24, 2.45) is 16.6 Å². The predicted molar refractivity (Wildman–Crippen MR) is 183 cm³/mol. The molecular weight excluding hydrogens is 536 g/mol. The van der Waals surface area contributed by atoms with Crippen molar-refractivity contribution < 1.29 is 9.90 Å². The molecule has 8 nitrogen and oxygen atoms in total. The van der Waals surface area contributed by atoms with Gasteiger partial charge in [0.15, 0.2) is 0 Å². The van der Waals surface area contributed by atoms with Gasteiger partial charge in [0, 0.05) is 44.7 Å². The van der Waals surface area contributed by atoms with Crippen LogP contribution in [0.1, 0.15) is 82.7 Å². The van der Waals surface area contributed by atoms with Gasteiger partial charge in [-0.15, -0.1) is 6.58 Å². The van der Waals surface area contributed by atoms with Gasteiger partial charge in [-0.1, -0.05) is 58.2 Å². The molecule has 43 heavy (non-hydrogen) atoms. The molecular formula is C35H56N6O2. The van der Waals surface area contributed by atoms with Crippen molar-refractivity contribution in [2.75, 3.05) is 20.1 Å². The van der Waals surface area contributed by atoms with Crippen molar-refractivity contribution in [3.8, 4) is 0 Å². The third-order valence-electron chi connectivity index (χ3n) is 7.60. The maximum atomic E-state index is 12.7. The quantitative estimate of drug-likeness (QED) is 0.125. The third-order valence-corrected chi connectivity index (χ3v) is 7.60. The number of aliphatic hydroxyl groups is 1. The van der Waals surface area contributed by atoms with Crippen LogP contribution in [0.15, 0.2) is 79.5 Å². The summed E-state index contributed by atoms with van der Waals surface area (Å²) in [6.45, 7) is 22.0. The van der Waals surface area contributed by atoms with Gasteiger partial charge >= 0.3 is 0 Å². The minimum absolute atomic E-state index is 0.133. The minimum Gasteiger partial charge on any atom is -0.516 e. The Bertz CT molecular complexity index is 1130. The van der Waals surface area contributed by atoms with Gasteiger partial charge < -0.3 is 30.5 Å². The molecule has 1 amide bonds. The van der Waals surface area contributed by atoms with Crippen LogP contribution >= 0.6 is 0 Å². The molecule has 0 spiro atoms. The summed E-state index contributed by atoms with van der Waals surface area (Å²) in [5.41, 5.74) is 11.9. The highest BCUT2D eigenvalue weighted by Gasteiger charge is 2.43. The molecule has 1 fully saturated rings. The fraction of sp³-hybridized carbons (Fsp3) is 0.486. The SMILES string of the molecule is C=CC=C.C=CCC.CC.Cc1cc(C2=C3C(N)=NC=CN3C(C3CCCN(C(=O)CCC/C=C/O)CC3)N2C)[nH]c1C. The van der Waals surface area contributed by atoms with E-state index in [-0.39, 0.29) is 12.1 Å². The van der Waals surface area contributed by atoms with Gasteiger partial charge in [0.05, 0.1) is 17.7 Å². The van der Waals surface area contributed by atoms with Crippen LogP contribution in [-0.2, 0) is 4.79 Å². The molecule has 238 valence electrons. The van der Waals surface area contributed by atoms with Crippen LogP contribution in [0.5, 0.6) is 0 Å². The number of nitrogens with zero attached hydrogens (tertiary/aromatic N) is 4. The van der Waals surface area contributed by atoms with E-state index < -0.39 is 0 Å². The lowest BCUT2D eigenvalue weighted by atomic mass is 9.95. The van der Waals surface area contributed by atoms with Gasteiger partial charge in [0.25, 0.3) is 0 Å². The van der Waals surface area contributed by atoms with Gasteiger partial charge in [-0.3, -0.25) is 4.79 Å². The number of rotatable bonds is 8. The number of fused-ring (bicyclic) bond motifs is 1. The van der Waals surface area contributed by atoms with E-state index in [9.17, 15) is 4.79 Å². The molecule has 8 heteroatoms. The molecule has 4 N–H and O–H groups in total. The Morgan fingerprint density at radius 1 is 1.16 bits per heavy atom.